The Labute approximate surface area is 141 Å². The van der Waals surface area contributed by atoms with Gasteiger partial charge in [-0.2, -0.15) is 0 Å². The summed E-state index contributed by atoms with van der Waals surface area (Å²) in [7, 11) is 0. The molecule has 1 fully saturated rings. The summed E-state index contributed by atoms with van der Waals surface area (Å²) < 4.78 is 0. The third-order valence-corrected chi connectivity index (χ3v) is 5.40. The predicted molar refractivity (Wildman–Crippen MR) is 94.6 cm³/mol. The highest BCUT2D eigenvalue weighted by molar-refractivity contribution is 7.09. The van der Waals surface area contributed by atoms with Gasteiger partial charge in [0, 0.05) is 35.6 Å². The van der Waals surface area contributed by atoms with Crippen LogP contribution in [0.4, 0.5) is 0 Å². The molecule has 0 saturated carbocycles. The third kappa shape index (κ3) is 3.31. The lowest BCUT2D eigenvalue weighted by Gasteiger charge is -2.42. The Hall–Kier alpha value is -1.72. The number of thiazole rings is 1. The summed E-state index contributed by atoms with van der Waals surface area (Å²) in [5.74, 6) is 0.0822. The second kappa shape index (κ2) is 6.06. The molecule has 1 saturated heterocycles. The Kier molecular flexibility index (Phi) is 4.25. The van der Waals surface area contributed by atoms with Crippen molar-refractivity contribution in [1.82, 2.24) is 9.88 Å². The number of hydrogen-bond acceptors (Lipinski definition) is 4. The summed E-state index contributed by atoms with van der Waals surface area (Å²) in [6.07, 6.45) is 0.851. The Balaban J connectivity index is 1.83. The number of amides is 1. The number of likely N-dealkylation sites (tertiary alicyclic amines) is 1. The van der Waals surface area contributed by atoms with Crippen LogP contribution in [0.2, 0.25) is 0 Å². The van der Waals surface area contributed by atoms with Gasteiger partial charge >= 0.3 is 0 Å². The molecule has 3 rings (SSSR count). The number of carbonyl (C=O) groups is 1. The number of piperidine rings is 1. The first kappa shape index (κ1) is 16.1. The molecule has 2 aromatic rings. The monoisotopic (exact) mass is 329 g/mol. The van der Waals surface area contributed by atoms with E-state index < -0.39 is 0 Å². The zero-order valence-corrected chi connectivity index (χ0v) is 14.7. The minimum absolute atomic E-state index is 0.0441. The molecule has 4 nitrogen and oxygen atoms in total. The average Bonchev–Trinajstić information content (AvgIpc) is 2.96. The van der Waals surface area contributed by atoms with Crippen LogP contribution in [0, 0.1) is 12.3 Å². The predicted octanol–water partition coefficient (Wildman–Crippen LogP) is 3.32. The molecule has 23 heavy (non-hydrogen) atoms. The van der Waals surface area contributed by atoms with Gasteiger partial charge in [-0.05, 0) is 30.9 Å². The molecule has 1 aliphatic heterocycles. The number of rotatable bonds is 2. The van der Waals surface area contributed by atoms with Gasteiger partial charge < -0.3 is 10.6 Å². The first-order chi connectivity index (χ1) is 10.9. The highest BCUT2D eigenvalue weighted by Gasteiger charge is 2.35. The van der Waals surface area contributed by atoms with Gasteiger partial charge in [0.05, 0.1) is 10.7 Å². The number of hydrogen-bond donors (Lipinski definition) is 1. The van der Waals surface area contributed by atoms with Crippen LogP contribution in [0.25, 0.3) is 11.3 Å². The Morgan fingerprint density at radius 3 is 2.87 bits per heavy atom. The van der Waals surface area contributed by atoms with Crippen molar-refractivity contribution < 1.29 is 4.79 Å². The molecule has 0 radical (unpaired) electrons. The molecule has 1 aromatic carbocycles. The largest absolute Gasteiger partial charge is 0.338 e. The summed E-state index contributed by atoms with van der Waals surface area (Å²) >= 11 is 1.62. The molecule has 2 N–H and O–H groups in total. The van der Waals surface area contributed by atoms with Crippen molar-refractivity contribution in [2.45, 2.75) is 33.2 Å². The van der Waals surface area contributed by atoms with Crippen molar-refractivity contribution in [3.63, 3.8) is 0 Å². The first-order valence-electron chi connectivity index (χ1n) is 7.94. The van der Waals surface area contributed by atoms with E-state index in [9.17, 15) is 4.79 Å². The Bertz CT molecular complexity index is 723. The third-order valence-electron chi connectivity index (χ3n) is 4.62. The Morgan fingerprint density at radius 2 is 2.22 bits per heavy atom. The fourth-order valence-electron chi connectivity index (χ4n) is 3.04. The van der Waals surface area contributed by atoms with Gasteiger partial charge in [0.25, 0.3) is 5.91 Å². The maximum absolute atomic E-state index is 12.9. The van der Waals surface area contributed by atoms with E-state index in [4.69, 9.17) is 5.73 Å². The van der Waals surface area contributed by atoms with E-state index >= 15 is 0 Å². The molecular weight excluding hydrogens is 306 g/mol. The molecule has 1 unspecified atom stereocenters. The van der Waals surface area contributed by atoms with E-state index in [0.29, 0.717) is 6.54 Å². The highest BCUT2D eigenvalue weighted by atomic mass is 32.1. The van der Waals surface area contributed by atoms with Gasteiger partial charge in [-0.15, -0.1) is 11.3 Å². The summed E-state index contributed by atoms with van der Waals surface area (Å²) in [4.78, 5) is 19.3. The highest BCUT2D eigenvalue weighted by Crippen LogP contribution is 2.29. The number of nitrogens with zero attached hydrogens (tertiary/aromatic N) is 2. The normalized spacial score (nSPS) is 20.5. The van der Waals surface area contributed by atoms with Gasteiger partial charge in [0.15, 0.2) is 0 Å². The summed E-state index contributed by atoms with van der Waals surface area (Å²) in [5, 5.41) is 3.06. The SMILES string of the molecule is Cc1nc(-c2cccc(C(=O)N3CCC(N)C(C)(C)C3)c2)cs1. The van der Waals surface area contributed by atoms with Gasteiger partial charge in [0.2, 0.25) is 0 Å². The lowest BCUT2D eigenvalue weighted by molar-refractivity contribution is 0.0533. The molecule has 0 aliphatic carbocycles. The van der Waals surface area contributed by atoms with Gasteiger partial charge in [0.1, 0.15) is 0 Å². The number of nitrogens with two attached hydrogens (primary N) is 1. The molecule has 5 heteroatoms. The van der Waals surface area contributed by atoms with Gasteiger partial charge in [-0.3, -0.25) is 4.79 Å². The second-order valence-electron chi connectivity index (χ2n) is 6.94. The first-order valence-corrected chi connectivity index (χ1v) is 8.82. The molecule has 1 aromatic heterocycles. The molecule has 2 heterocycles. The quantitative estimate of drug-likeness (QED) is 0.919. The van der Waals surface area contributed by atoms with E-state index in [1.54, 1.807) is 11.3 Å². The minimum atomic E-state index is -0.0441. The van der Waals surface area contributed by atoms with Crippen molar-refractivity contribution in [3.05, 3.63) is 40.2 Å². The fraction of sp³-hybridized carbons (Fsp3) is 0.444. The zero-order chi connectivity index (χ0) is 16.6. The fourth-order valence-corrected chi connectivity index (χ4v) is 3.66. The number of aromatic nitrogens is 1. The van der Waals surface area contributed by atoms with Crippen molar-refractivity contribution in [3.8, 4) is 11.3 Å². The summed E-state index contributed by atoms with van der Waals surface area (Å²) in [6, 6.07) is 7.90. The number of benzene rings is 1. The van der Waals surface area contributed by atoms with Crippen LogP contribution >= 0.6 is 11.3 Å². The average molecular weight is 329 g/mol. The van der Waals surface area contributed by atoms with Crippen LogP contribution in [-0.4, -0.2) is 34.9 Å². The molecule has 0 spiro atoms. The van der Waals surface area contributed by atoms with Gasteiger partial charge in [-0.1, -0.05) is 26.0 Å². The van der Waals surface area contributed by atoms with Crippen LogP contribution in [0.5, 0.6) is 0 Å². The summed E-state index contributed by atoms with van der Waals surface area (Å²) in [6.45, 7) is 7.68. The van der Waals surface area contributed by atoms with E-state index in [2.05, 4.69) is 18.8 Å². The van der Waals surface area contributed by atoms with Crippen molar-refractivity contribution in [2.24, 2.45) is 11.1 Å². The molecule has 1 aliphatic rings. The molecule has 0 bridgehead atoms. The number of aryl methyl sites for hydroxylation is 1. The number of carbonyl (C=O) groups excluding carboxylic acids is 1. The summed E-state index contributed by atoms with van der Waals surface area (Å²) in [5.41, 5.74) is 8.78. The van der Waals surface area contributed by atoms with E-state index in [-0.39, 0.29) is 17.4 Å². The molecule has 122 valence electrons. The van der Waals surface area contributed by atoms with E-state index in [0.717, 1.165) is 34.8 Å². The Morgan fingerprint density at radius 1 is 1.43 bits per heavy atom. The molecule has 1 atom stereocenters. The minimum Gasteiger partial charge on any atom is -0.338 e. The lowest BCUT2D eigenvalue weighted by atomic mass is 9.79. The van der Waals surface area contributed by atoms with Crippen LogP contribution in [0.1, 0.15) is 35.6 Å². The van der Waals surface area contributed by atoms with Crippen LogP contribution in [-0.2, 0) is 0 Å². The van der Waals surface area contributed by atoms with E-state index in [1.807, 2.05) is 41.5 Å². The van der Waals surface area contributed by atoms with E-state index in [1.165, 1.54) is 0 Å². The molecular formula is C18H23N3OS. The molecule has 1 amide bonds. The van der Waals surface area contributed by atoms with Crippen LogP contribution in [0.3, 0.4) is 0 Å². The van der Waals surface area contributed by atoms with Gasteiger partial charge in [-0.25, -0.2) is 4.98 Å². The van der Waals surface area contributed by atoms with Crippen molar-refractivity contribution in [1.29, 1.82) is 0 Å². The maximum Gasteiger partial charge on any atom is 0.253 e. The lowest BCUT2D eigenvalue weighted by Crippen LogP contribution is -2.54. The van der Waals surface area contributed by atoms with Crippen LogP contribution in [0.15, 0.2) is 29.6 Å². The van der Waals surface area contributed by atoms with Crippen LogP contribution < -0.4 is 5.73 Å². The standard InChI is InChI=1S/C18H23N3OS/c1-12-20-15(10-23-12)13-5-4-6-14(9-13)17(22)21-8-7-16(19)18(2,3)11-21/h4-6,9-10,16H,7-8,11,19H2,1-3H3. The zero-order valence-electron chi connectivity index (χ0n) is 13.9. The maximum atomic E-state index is 12.9. The second-order valence-corrected chi connectivity index (χ2v) is 8.01. The topological polar surface area (TPSA) is 59.2 Å². The van der Waals surface area contributed by atoms with Crippen molar-refractivity contribution in [2.75, 3.05) is 13.1 Å². The van der Waals surface area contributed by atoms with Crippen molar-refractivity contribution >= 4 is 17.2 Å². The smallest absolute Gasteiger partial charge is 0.253 e.